The first-order chi connectivity index (χ1) is 15.7. The molecule has 10 nitrogen and oxygen atoms in total. The molecule has 33 heavy (non-hydrogen) atoms. The Kier molecular flexibility index (Phi) is 4.76. The van der Waals surface area contributed by atoms with Crippen molar-refractivity contribution in [1.82, 2.24) is 24.4 Å². The van der Waals surface area contributed by atoms with Crippen LogP contribution in [0.5, 0.6) is 11.5 Å². The summed E-state index contributed by atoms with van der Waals surface area (Å²) in [5.41, 5.74) is -1.03. The highest BCUT2D eigenvalue weighted by Gasteiger charge is 2.36. The number of rotatable bonds is 2. The number of aromatic nitrogens is 3. The van der Waals surface area contributed by atoms with E-state index < -0.39 is 23.9 Å². The monoisotopic (exact) mass is 463 g/mol. The van der Waals surface area contributed by atoms with Crippen LogP contribution in [0, 0.1) is 0 Å². The SMILES string of the molecule is O=C(O)N1CCN(C(=O)c2cc3nc(-c4ccc5c(c4)OCO5)cc(C(F)(F)F)n3n2)CC1. The van der Waals surface area contributed by atoms with E-state index in [1.807, 2.05) is 0 Å². The first-order valence-corrected chi connectivity index (χ1v) is 9.86. The van der Waals surface area contributed by atoms with Crippen LogP contribution in [0.1, 0.15) is 16.2 Å². The van der Waals surface area contributed by atoms with Gasteiger partial charge in [-0.1, -0.05) is 0 Å². The van der Waals surface area contributed by atoms with Crippen molar-refractivity contribution in [1.29, 1.82) is 0 Å². The highest BCUT2D eigenvalue weighted by molar-refractivity contribution is 5.93. The number of piperazine rings is 1. The fourth-order valence-electron chi connectivity index (χ4n) is 3.75. The predicted octanol–water partition coefficient (Wildman–Crippen LogP) is 2.58. The van der Waals surface area contributed by atoms with Crippen LogP contribution in [0.15, 0.2) is 30.3 Å². The lowest BCUT2D eigenvalue weighted by molar-refractivity contribution is -0.142. The van der Waals surface area contributed by atoms with E-state index in [-0.39, 0.29) is 50.0 Å². The number of ether oxygens (including phenoxy) is 2. The highest BCUT2D eigenvalue weighted by atomic mass is 19.4. The number of carbonyl (C=O) groups excluding carboxylic acids is 1. The molecule has 13 heteroatoms. The van der Waals surface area contributed by atoms with Crippen molar-refractivity contribution >= 4 is 17.6 Å². The van der Waals surface area contributed by atoms with Gasteiger partial charge in [0, 0.05) is 37.8 Å². The molecule has 2 aliphatic heterocycles. The molecule has 1 aromatic carbocycles. The van der Waals surface area contributed by atoms with Gasteiger partial charge >= 0.3 is 12.3 Å². The second-order valence-corrected chi connectivity index (χ2v) is 7.45. The fraction of sp³-hybridized carbons (Fsp3) is 0.300. The maximum Gasteiger partial charge on any atom is 0.433 e. The molecule has 0 aliphatic carbocycles. The van der Waals surface area contributed by atoms with E-state index in [2.05, 4.69) is 10.1 Å². The number of amides is 2. The lowest BCUT2D eigenvalue weighted by Crippen LogP contribution is -2.50. The number of nitrogens with zero attached hydrogens (tertiary/aromatic N) is 5. The fourth-order valence-corrected chi connectivity index (χ4v) is 3.75. The van der Waals surface area contributed by atoms with E-state index in [0.29, 0.717) is 21.6 Å². The van der Waals surface area contributed by atoms with Crippen LogP contribution in [-0.2, 0) is 6.18 Å². The molecule has 2 amide bonds. The molecule has 1 N–H and O–H groups in total. The number of hydrogen-bond donors (Lipinski definition) is 1. The number of halogens is 3. The zero-order valence-electron chi connectivity index (χ0n) is 16.9. The van der Waals surface area contributed by atoms with Crippen molar-refractivity contribution < 1.29 is 37.3 Å². The Morgan fingerprint density at radius 3 is 2.36 bits per heavy atom. The van der Waals surface area contributed by atoms with E-state index >= 15 is 0 Å². The maximum atomic E-state index is 13.8. The Morgan fingerprint density at radius 1 is 0.970 bits per heavy atom. The van der Waals surface area contributed by atoms with Crippen molar-refractivity contribution in [3.8, 4) is 22.8 Å². The minimum atomic E-state index is -4.76. The number of alkyl halides is 3. The Labute approximate surface area is 183 Å². The molecular weight excluding hydrogens is 447 g/mol. The molecule has 0 atom stereocenters. The predicted molar refractivity (Wildman–Crippen MR) is 105 cm³/mol. The van der Waals surface area contributed by atoms with Gasteiger partial charge in [0.1, 0.15) is 0 Å². The van der Waals surface area contributed by atoms with Crippen molar-refractivity contribution in [2.75, 3.05) is 33.0 Å². The third-order valence-corrected chi connectivity index (χ3v) is 5.44. The summed E-state index contributed by atoms with van der Waals surface area (Å²) in [6, 6.07) is 6.73. The van der Waals surface area contributed by atoms with Crippen LogP contribution in [-0.4, -0.2) is 74.5 Å². The average Bonchev–Trinajstić information content (AvgIpc) is 3.43. The largest absolute Gasteiger partial charge is 0.465 e. The van der Waals surface area contributed by atoms with Crippen LogP contribution < -0.4 is 9.47 Å². The highest BCUT2D eigenvalue weighted by Crippen LogP contribution is 2.37. The van der Waals surface area contributed by atoms with Gasteiger partial charge in [-0.15, -0.1) is 0 Å². The molecule has 172 valence electrons. The third-order valence-electron chi connectivity index (χ3n) is 5.44. The van der Waals surface area contributed by atoms with Crippen LogP contribution >= 0.6 is 0 Å². The van der Waals surface area contributed by atoms with E-state index in [1.165, 1.54) is 17.0 Å². The Hall–Kier alpha value is -4.03. The summed E-state index contributed by atoms with van der Waals surface area (Å²) in [6.07, 6.45) is -5.85. The Balaban J connectivity index is 1.52. The van der Waals surface area contributed by atoms with E-state index in [9.17, 15) is 22.8 Å². The molecule has 0 spiro atoms. The summed E-state index contributed by atoms with van der Waals surface area (Å²) in [6.45, 7) is 0.458. The van der Waals surface area contributed by atoms with Gasteiger partial charge in [0.25, 0.3) is 5.91 Å². The molecule has 0 saturated carbocycles. The van der Waals surface area contributed by atoms with Gasteiger partial charge in [-0.3, -0.25) is 4.79 Å². The van der Waals surface area contributed by atoms with Gasteiger partial charge in [0.2, 0.25) is 6.79 Å². The van der Waals surface area contributed by atoms with E-state index in [4.69, 9.17) is 14.6 Å². The summed E-state index contributed by atoms with van der Waals surface area (Å²) in [5.74, 6) is 0.284. The first kappa shape index (κ1) is 20.8. The van der Waals surface area contributed by atoms with Gasteiger partial charge in [-0.05, 0) is 24.3 Å². The van der Waals surface area contributed by atoms with Crippen LogP contribution in [0.25, 0.3) is 16.9 Å². The number of benzene rings is 1. The molecule has 1 saturated heterocycles. The van der Waals surface area contributed by atoms with Gasteiger partial charge in [0.15, 0.2) is 28.5 Å². The Bertz CT molecular complexity index is 1270. The van der Waals surface area contributed by atoms with Gasteiger partial charge in [-0.2, -0.15) is 18.3 Å². The topological polar surface area (TPSA) is 110 Å². The molecule has 3 aromatic rings. The van der Waals surface area contributed by atoms with Crippen molar-refractivity contribution in [3.05, 3.63) is 41.7 Å². The zero-order chi connectivity index (χ0) is 23.3. The summed E-state index contributed by atoms with van der Waals surface area (Å²) < 4.78 is 52.6. The molecule has 5 rings (SSSR count). The molecular formula is C20H16F3N5O5. The van der Waals surface area contributed by atoms with E-state index in [0.717, 1.165) is 11.0 Å². The minimum absolute atomic E-state index is 0.0217. The summed E-state index contributed by atoms with van der Waals surface area (Å²) >= 11 is 0. The maximum absolute atomic E-state index is 13.8. The summed E-state index contributed by atoms with van der Waals surface area (Å²) in [5, 5.41) is 12.9. The van der Waals surface area contributed by atoms with Crippen LogP contribution in [0.4, 0.5) is 18.0 Å². The number of carbonyl (C=O) groups is 2. The second kappa shape index (κ2) is 7.53. The van der Waals surface area contributed by atoms with Gasteiger partial charge < -0.3 is 24.4 Å². The van der Waals surface area contributed by atoms with Crippen LogP contribution in [0.3, 0.4) is 0 Å². The second-order valence-electron chi connectivity index (χ2n) is 7.45. The lowest BCUT2D eigenvalue weighted by Gasteiger charge is -2.32. The van der Waals surface area contributed by atoms with E-state index in [1.54, 1.807) is 12.1 Å². The molecule has 0 unspecified atom stereocenters. The minimum Gasteiger partial charge on any atom is -0.465 e. The average molecular weight is 463 g/mol. The van der Waals surface area contributed by atoms with Crippen molar-refractivity contribution in [2.24, 2.45) is 0 Å². The van der Waals surface area contributed by atoms with Crippen LogP contribution in [0.2, 0.25) is 0 Å². The molecule has 2 aromatic heterocycles. The third kappa shape index (κ3) is 3.75. The molecule has 4 heterocycles. The number of hydrogen-bond acceptors (Lipinski definition) is 6. The molecule has 0 bridgehead atoms. The summed E-state index contributed by atoms with van der Waals surface area (Å²) in [7, 11) is 0. The molecule has 0 radical (unpaired) electrons. The standard InChI is InChI=1S/C20H16F3N5O5/c21-20(22,23)16-8-12(11-1-2-14-15(7-11)33-10-32-14)24-17-9-13(25-28(16)17)18(29)26-3-5-27(6-4-26)19(30)31/h1-2,7-9H,3-6,10H2,(H,30,31). The Morgan fingerprint density at radius 2 is 1.67 bits per heavy atom. The van der Waals surface area contributed by atoms with Gasteiger partial charge in [0.05, 0.1) is 5.69 Å². The normalized spacial score (nSPS) is 15.8. The smallest absolute Gasteiger partial charge is 0.433 e. The molecule has 2 aliphatic rings. The lowest BCUT2D eigenvalue weighted by atomic mass is 10.1. The number of carboxylic acid groups (broad SMARTS) is 1. The summed E-state index contributed by atoms with van der Waals surface area (Å²) in [4.78, 5) is 30.7. The van der Waals surface area contributed by atoms with Crippen molar-refractivity contribution in [2.45, 2.75) is 6.18 Å². The van der Waals surface area contributed by atoms with Crippen molar-refractivity contribution in [3.63, 3.8) is 0 Å². The first-order valence-electron chi connectivity index (χ1n) is 9.86. The molecule has 1 fully saturated rings. The zero-order valence-corrected chi connectivity index (χ0v) is 16.9. The quantitative estimate of drug-likeness (QED) is 0.622. The van der Waals surface area contributed by atoms with Gasteiger partial charge in [-0.25, -0.2) is 14.3 Å². The number of fused-ring (bicyclic) bond motifs is 2.